The number of ether oxygens (including phenoxy) is 1. The summed E-state index contributed by atoms with van der Waals surface area (Å²) in [6.07, 6.45) is -4.73. The molecule has 3 rings (SSSR count). The standard InChI is InChI=1S/C27H29F3N2O2S/c1-26(2,3)35(33)32-25(27(28,29)30)24(21-15-17-22(34-4)18-16-21)31-23(19-11-7-5-8-12-19)20-13-9-6-10-14-20/h5-18,24-25,32H,1-4H3/t24-,25+,35?/m1/s1. The Morgan fingerprint density at radius 1 is 0.857 bits per heavy atom. The number of hydrogen-bond donors (Lipinski definition) is 1. The van der Waals surface area contributed by atoms with Crippen molar-refractivity contribution in [1.29, 1.82) is 0 Å². The number of methoxy groups -OCH3 is 1. The van der Waals surface area contributed by atoms with Crippen LogP contribution in [0, 0.1) is 0 Å². The molecule has 186 valence electrons. The van der Waals surface area contributed by atoms with Gasteiger partial charge in [-0.1, -0.05) is 72.8 Å². The van der Waals surface area contributed by atoms with Crippen LogP contribution in [0.3, 0.4) is 0 Å². The smallest absolute Gasteiger partial charge is 0.407 e. The van der Waals surface area contributed by atoms with Crippen LogP contribution in [0.2, 0.25) is 0 Å². The molecule has 0 saturated carbocycles. The molecule has 0 aromatic heterocycles. The van der Waals surface area contributed by atoms with Crippen molar-refractivity contribution in [2.45, 2.75) is 43.8 Å². The lowest BCUT2D eigenvalue weighted by Gasteiger charge is -2.31. The van der Waals surface area contributed by atoms with E-state index in [2.05, 4.69) is 4.72 Å². The summed E-state index contributed by atoms with van der Waals surface area (Å²) in [6.45, 7) is 4.86. The lowest BCUT2D eigenvalue weighted by molar-refractivity contribution is -0.155. The summed E-state index contributed by atoms with van der Waals surface area (Å²) in [6, 6.07) is 20.8. The summed E-state index contributed by atoms with van der Waals surface area (Å²) >= 11 is 0. The van der Waals surface area contributed by atoms with E-state index in [9.17, 15) is 17.4 Å². The van der Waals surface area contributed by atoms with E-state index in [0.29, 0.717) is 28.2 Å². The summed E-state index contributed by atoms with van der Waals surface area (Å²) in [4.78, 5) is 4.70. The number of halogens is 3. The van der Waals surface area contributed by atoms with E-state index in [-0.39, 0.29) is 0 Å². The summed E-state index contributed by atoms with van der Waals surface area (Å²) in [5.41, 5.74) is 2.07. The Balaban J connectivity index is 2.24. The molecule has 0 aliphatic carbocycles. The third-order valence-electron chi connectivity index (χ3n) is 5.28. The highest BCUT2D eigenvalue weighted by atomic mass is 32.2. The van der Waals surface area contributed by atoms with E-state index < -0.39 is 34.0 Å². The van der Waals surface area contributed by atoms with E-state index in [1.807, 2.05) is 36.4 Å². The lowest BCUT2D eigenvalue weighted by Crippen LogP contribution is -2.50. The van der Waals surface area contributed by atoms with E-state index in [1.54, 1.807) is 69.3 Å². The Labute approximate surface area is 206 Å². The monoisotopic (exact) mass is 502 g/mol. The molecule has 0 aliphatic heterocycles. The topological polar surface area (TPSA) is 50.7 Å². The fraction of sp³-hybridized carbons (Fsp3) is 0.296. The summed E-state index contributed by atoms with van der Waals surface area (Å²) < 4.78 is 63.0. The minimum Gasteiger partial charge on any atom is -0.497 e. The fourth-order valence-corrected chi connectivity index (χ4v) is 4.24. The molecular formula is C27H29F3N2O2S. The zero-order chi connectivity index (χ0) is 25.6. The van der Waals surface area contributed by atoms with Gasteiger partial charge in [-0.25, -0.2) is 8.93 Å². The van der Waals surface area contributed by atoms with Crippen molar-refractivity contribution in [2.24, 2.45) is 4.99 Å². The molecular weight excluding hydrogens is 473 g/mol. The quantitative estimate of drug-likeness (QED) is 0.370. The molecule has 0 amide bonds. The fourth-order valence-electron chi connectivity index (χ4n) is 3.39. The van der Waals surface area contributed by atoms with Crippen LogP contribution < -0.4 is 9.46 Å². The molecule has 0 heterocycles. The number of aliphatic imine (C=N–C) groups is 1. The van der Waals surface area contributed by atoms with Crippen LogP contribution in [0.5, 0.6) is 5.75 Å². The molecule has 1 N–H and O–H groups in total. The molecule has 3 atom stereocenters. The van der Waals surface area contributed by atoms with Crippen LogP contribution in [0.15, 0.2) is 89.9 Å². The number of alkyl halides is 3. The molecule has 3 aromatic carbocycles. The van der Waals surface area contributed by atoms with Gasteiger partial charge >= 0.3 is 6.18 Å². The van der Waals surface area contributed by atoms with Gasteiger partial charge in [0, 0.05) is 11.1 Å². The van der Waals surface area contributed by atoms with Crippen molar-refractivity contribution in [3.63, 3.8) is 0 Å². The van der Waals surface area contributed by atoms with Gasteiger partial charge in [-0.2, -0.15) is 13.2 Å². The molecule has 4 nitrogen and oxygen atoms in total. The van der Waals surface area contributed by atoms with Crippen molar-refractivity contribution in [3.8, 4) is 5.75 Å². The van der Waals surface area contributed by atoms with Gasteiger partial charge in [0.1, 0.15) is 17.8 Å². The van der Waals surface area contributed by atoms with Gasteiger partial charge in [0.25, 0.3) is 0 Å². The Morgan fingerprint density at radius 3 is 1.74 bits per heavy atom. The Morgan fingerprint density at radius 2 is 1.34 bits per heavy atom. The normalized spacial score (nSPS) is 14.6. The van der Waals surface area contributed by atoms with Crippen LogP contribution in [0.4, 0.5) is 13.2 Å². The maximum absolute atomic E-state index is 14.5. The van der Waals surface area contributed by atoms with Crippen LogP contribution in [-0.2, 0) is 11.0 Å². The molecule has 0 spiro atoms. The van der Waals surface area contributed by atoms with Gasteiger partial charge in [-0.05, 0) is 38.5 Å². The van der Waals surface area contributed by atoms with Crippen LogP contribution >= 0.6 is 0 Å². The number of nitrogens with one attached hydrogen (secondary N) is 1. The predicted octanol–water partition coefficient (Wildman–Crippen LogP) is 6.26. The van der Waals surface area contributed by atoms with E-state index in [4.69, 9.17) is 9.73 Å². The largest absolute Gasteiger partial charge is 0.497 e. The molecule has 0 bridgehead atoms. The average molecular weight is 503 g/mol. The van der Waals surface area contributed by atoms with E-state index in [1.165, 1.54) is 7.11 Å². The Bertz CT molecular complexity index is 1100. The highest BCUT2D eigenvalue weighted by molar-refractivity contribution is 7.84. The molecule has 0 aliphatic rings. The molecule has 3 aromatic rings. The second-order valence-electron chi connectivity index (χ2n) is 8.95. The van der Waals surface area contributed by atoms with Crippen LogP contribution in [0.25, 0.3) is 0 Å². The summed E-state index contributed by atoms with van der Waals surface area (Å²) in [5, 5.41) is 0. The van der Waals surface area contributed by atoms with Crippen molar-refractivity contribution < 1.29 is 22.1 Å². The molecule has 0 radical (unpaired) electrons. The first-order valence-electron chi connectivity index (χ1n) is 11.1. The highest BCUT2D eigenvalue weighted by Crippen LogP contribution is 2.35. The van der Waals surface area contributed by atoms with Crippen molar-refractivity contribution in [2.75, 3.05) is 7.11 Å². The maximum Gasteiger partial charge on any atom is 0.407 e. The second kappa shape index (κ2) is 11.2. The first kappa shape index (κ1) is 26.6. The third-order valence-corrected chi connectivity index (χ3v) is 6.86. The summed E-state index contributed by atoms with van der Waals surface area (Å²) in [5.74, 6) is 0.512. The van der Waals surface area contributed by atoms with Crippen molar-refractivity contribution >= 4 is 16.7 Å². The Kier molecular flexibility index (Phi) is 8.51. The van der Waals surface area contributed by atoms with E-state index in [0.717, 1.165) is 0 Å². The van der Waals surface area contributed by atoms with Gasteiger partial charge < -0.3 is 4.74 Å². The van der Waals surface area contributed by atoms with Crippen molar-refractivity contribution in [1.82, 2.24) is 4.72 Å². The van der Waals surface area contributed by atoms with Gasteiger partial charge in [0.15, 0.2) is 0 Å². The van der Waals surface area contributed by atoms with Gasteiger partial charge in [-0.15, -0.1) is 0 Å². The third kappa shape index (κ3) is 7.02. The molecule has 1 unspecified atom stereocenters. The minimum atomic E-state index is -4.73. The molecule has 35 heavy (non-hydrogen) atoms. The first-order chi connectivity index (χ1) is 16.5. The minimum absolute atomic E-state index is 0.316. The predicted molar refractivity (Wildman–Crippen MR) is 135 cm³/mol. The average Bonchev–Trinajstić information content (AvgIpc) is 2.83. The SMILES string of the molecule is COc1ccc([C@@H](N=C(c2ccccc2)c2ccccc2)[C@H](NS(=O)C(C)(C)C)C(F)(F)F)cc1. The number of nitrogens with zero attached hydrogens (tertiary/aromatic N) is 1. The number of benzene rings is 3. The molecule has 0 fully saturated rings. The Hall–Kier alpha value is -2.97. The number of hydrogen-bond acceptors (Lipinski definition) is 3. The summed E-state index contributed by atoms with van der Waals surface area (Å²) in [7, 11) is -0.496. The number of rotatable bonds is 8. The van der Waals surface area contributed by atoms with Crippen molar-refractivity contribution in [3.05, 3.63) is 102 Å². The molecule has 8 heteroatoms. The maximum atomic E-state index is 14.5. The van der Waals surface area contributed by atoms with E-state index >= 15 is 0 Å². The lowest BCUT2D eigenvalue weighted by atomic mass is 9.97. The highest BCUT2D eigenvalue weighted by Gasteiger charge is 2.47. The zero-order valence-corrected chi connectivity index (χ0v) is 20.9. The zero-order valence-electron chi connectivity index (χ0n) is 20.0. The first-order valence-corrected chi connectivity index (χ1v) is 12.2. The van der Waals surface area contributed by atoms with Gasteiger partial charge in [0.2, 0.25) is 0 Å². The van der Waals surface area contributed by atoms with Gasteiger partial charge in [-0.3, -0.25) is 4.99 Å². The van der Waals surface area contributed by atoms with Crippen LogP contribution in [-0.4, -0.2) is 34.0 Å². The van der Waals surface area contributed by atoms with Crippen LogP contribution in [0.1, 0.15) is 43.5 Å². The second-order valence-corrected chi connectivity index (χ2v) is 10.9. The molecule has 0 saturated heterocycles. The van der Waals surface area contributed by atoms with Gasteiger partial charge in [0.05, 0.1) is 28.6 Å².